The summed E-state index contributed by atoms with van der Waals surface area (Å²) in [5.74, 6) is 0.944. The molecular formula is C17H24N2O. The molecule has 0 aromatic heterocycles. The van der Waals surface area contributed by atoms with Gasteiger partial charge in [0, 0.05) is 6.04 Å². The summed E-state index contributed by atoms with van der Waals surface area (Å²) in [4.78, 5) is 12.9. The number of amides is 1. The van der Waals surface area contributed by atoms with Crippen LogP contribution < -0.4 is 10.6 Å². The third kappa shape index (κ3) is 2.47. The molecule has 1 aliphatic carbocycles. The van der Waals surface area contributed by atoms with E-state index in [9.17, 15) is 4.79 Å². The number of nitrogens with one attached hydrogen (secondary N) is 2. The lowest BCUT2D eigenvalue weighted by molar-refractivity contribution is -0.128. The van der Waals surface area contributed by atoms with Gasteiger partial charge in [-0.15, -0.1) is 0 Å². The van der Waals surface area contributed by atoms with Crippen molar-refractivity contribution < 1.29 is 4.79 Å². The van der Waals surface area contributed by atoms with Gasteiger partial charge in [-0.05, 0) is 43.8 Å². The molecule has 20 heavy (non-hydrogen) atoms. The predicted octanol–water partition coefficient (Wildman–Crippen LogP) is 2.22. The van der Waals surface area contributed by atoms with Crippen molar-refractivity contribution in [1.82, 2.24) is 10.6 Å². The highest BCUT2D eigenvalue weighted by Gasteiger charge is 2.45. The van der Waals surface area contributed by atoms with Gasteiger partial charge in [0.25, 0.3) is 0 Å². The van der Waals surface area contributed by atoms with E-state index in [1.54, 1.807) is 0 Å². The highest BCUT2D eigenvalue weighted by Crippen LogP contribution is 2.37. The van der Waals surface area contributed by atoms with E-state index in [2.05, 4.69) is 29.7 Å². The van der Waals surface area contributed by atoms with E-state index in [-0.39, 0.29) is 11.3 Å². The van der Waals surface area contributed by atoms with Crippen LogP contribution in [0.5, 0.6) is 0 Å². The summed E-state index contributed by atoms with van der Waals surface area (Å²) in [7, 11) is 0. The number of benzene rings is 1. The van der Waals surface area contributed by atoms with E-state index in [1.165, 1.54) is 12.0 Å². The monoisotopic (exact) mass is 272 g/mol. The Kier molecular flexibility index (Phi) is 3.79. The number of carbonyl (C=O) groups is 1. The molecule has 3 rings (SSSR count). The maximum absolute atomic E-state index is 12.9. The largest absolute Gasteiger partial charge is 0.352 e. The van der Waals surface area contributed by atoms with Crippen LogP contribution in [0.1, 0.15) is 38.2 Å². The fraction of sp³-hybridized carbons (Fsp3) is 0.588. The fourth-order valence-corrected chi connectivity index (χ4v) is 3.44. The van der Waals surface area contributed by atoms with Crippen molar-refractivity contribution in [1.29, 1.82) is 0 Å². The third-order valence-electron chi connectivity index (χ3n) is 4.98. The van der Waals surface area contributed by atoms with Gasteiger partial charge in [-0.25, -0.2) is 0 Å². The fourth-order valence-electron chi connectivity index (χ4n) is 3.44. The van der Waals surface area contributed by atoms with E-state index in [0.29, 0.717) is 12.0 Å². The summed E-state index contributed by atoms with van der Waals surface area (Å²) in [5.41, 5.74) is 0.848. The molecule has 108 valence electrons. The molecule has 1 aromatic carbocycles. The molecule has 3 nitrogen and oxygen atoms in total. The first-order chi connectivity index (χ1) is 9.76. The maximum Gasteiger partial charge on any atom is 0.230 e. The number of hydrogen-bond acceptors (Lipinski definition) is 2. The summed E-state index contributed by atoms with van der Waals surface area (Å²) in [5, 5.41) is 6.67. The summed E-state index contributed by atoms with van der Waals surface area (Å²) in [6, 6.07) is 10.7. The number of rotatable bonds is 4. The van der Waals surface area contributed by atoms with Crippen LogP contribution in [0.25, 0.3) is 0 Å². The molecule has 1 saturated heterocycles. The number of hydrogen-bond donors (Lipinski definition) is 2. The smallest absolute Gasteiger partial charge is 0.230 e. The first-order valence-corrected chi connectivity index (χ1v) is 7.83. The normalized spacial score (nSPS) is 27.9. The van der Waals surface area contributed by atoms with Crippen LogP contribution in [0, 0.1) is 5.92 Å². The molecule has 0 spiro atoms. The van der Waals surface area contributed by atoms with Crippen LogP contribution in [0.4, 0.5) is 0 Å². The minimum atomic E-state index is -0.326. The van der Waals surface area contributed by atoms with Crippen molar-refractivity contribution in [3.63, 3.8) is 0 Å². The number of piperidine rings is 1. The molecule has 3 heteroatoms. The van der Waals surface area contributed by atoms with Crippen LogP contribution in [-0.4, -0.2) is 25.0 Å². The lowest BCUT2D eigenvalue weighted by Crippen LogP contribution is -2.51. The van der Waals surface area contributed by atoms with Gasteiger partial charge < -0.3 is 10.6 Å². The van der Waals surface area contributed by atoms with E-state index in [4.69, 9.17) is 0 Å². The Hall–Kier alpha value is -1.35. The van der Waals surface area contributed by atoms with E-state index >= 15 is 0 Å². The van der Waals surface area contributed by atoms with Crippen LogP contribution in [0.15, 0.2) is 30.3 Å². The Morgan fingerprint density at radius 3 is 2.60 bits per heavy atom. The molecule has 1 aliphatic heterocycles. The average molecular weight is 272 g/mol. The van der Waals surface area contributed by atoms with Gasteiger partial charge in [-0.1, -0.05) is 43.7 Å². The quantitative estimate of drug-likeness (QED) is 0.882. The highest BCUT2D eigenvalue weighted by atomic mass is 16.2. The molecule has 1 saturated carbocycles. The molecule has 1 heterocycles. The van der Waals surface area contributed by atoms with E-state index in [1.807, 2.05) is 18.2 Å². The van der Waals surface area contributed by atoms with Crippen molar-refractivity contribution in [2.75, 3.05) is 13.1 Å². The SMILES string of the molecule is CCC1CC1NC(=O)C1(c2ccccc2)CCNCC1. The zero-order valence-corrected chi connectivity index (χ0v) is 12.2. The van der Waals surface area contributed by atoms with Gasteiger partial charge in [0.05, 0.1) is 5.41 Å². The highest BCUT2D eigenvalue weighted by molar-refractivity contribution is 5.89. The Labute approximate surface area is 121 Å². The van der Waals surface area contributed by atoms with Gasteiger partial charge in [0.15, 0.2) is 0 Å². The zero-order chi connectivity index (χ0) is 14.0. The Morgan fingerprint density at radius 1 is 1.30 bits per heavy atom. The first kappa shape index (κ1) is 13.6. The lowest BCUT2D eigenvalue weighted by Gasteiger charge is -2.37. The Morgan fingerprint density at radius 2 is 2.00 bits per heavy atom. The van der Waals surface area contributed by atoms with E-state index < -0.39 is 0 Å². The van der Waals surface area contributed by atoms with Crippen LogP contribution in [0.2, 0.25) is 0 Å². The summed E-state index contributed by atoms with van der Waals surface area (Å²) < 4.78 is 0. The van der Waals surface area contributed by atoms with Gasteiger partial charge in [0.1, 0.15) is 0 Å². The standard InChI is InChI=1S/C17H24N2O/c1-2-13-12-15(13)19-16(20)17(8-10-18-11-9-17)14-6-4-3-5-7-14/h3-7,13,15,18H,2,8-12H2,1H3,(H,19,20). The zero-order valence-electron chi connectivity index (χ0n) is 12.2. The minimum absolute atomic E-state index is 0.242. The molecule has 2 aliphatic rings. The molecule has 2 unspecified atom stereocenters. The molecule has 0 bridgehead atoms. The van der Waals surface area contributed by atoms with Crippen LogP contribution >= 0.6 is 0 Å². The van der Waals surface area contributed by atoms with Gasteiger partial charge in [0.2, 0.25) is 5.91 Å². The van der Waals surface area contributed by atoms with Crippen molar-refractivity contribution >= 4 is 5.91 Å². The Bertz CT molecular complexity index is 465. The van der Waals surface area contributed by atoms with Crippen LogP contribution in [0.3, 0.4) is 0 Å². The summed E-state index contributed by atoms with van der Waals surface area (Å²) >= 11 is 0. The van der Waals surface area contributed by atoms with Gasteiger partial charge in [-0.3, -0.25) is 4.79 Å². The number of carbonyl (C=O) groups excluding carboxylic acids is 1. The first-order valence-electron chi connectivity index (χ1n) is 7.83. The lowest BCUT2D eigenvalue weighted by atomic mass is 9.72. The van der Waals surface area contributed by atoms with Crippen molar-refractivity contribution in [3.8, 4) is 0 Å². The van der Waals surface area contributed by atoms with Gasteiger partial charge >= 0.3 is 0 Å². The van der Waals surface area contributed by atoms with Crippen molar-refractivity contribution in [2.45, 2.75) is 44.1 Å². The minimum Gasteiger partial charge on any atom is -0.352 e. The molecule has 2 N–H and O–H groups in total. The predicted molar refractivity (Wildman–Crippen MR) is 80.6 cm³/mol. The molecule has 1 amide bonds. The average Bonchev–Trinajstić information content (AvgIpc) is 3.27. The molecule has 0 radical (unpaired) electrons. The van der Waals surface area contributed by atoms with Crippen LogP contribution in [-0.2, 0) is 10.2 Å². The molecular weight excluding hydrogens is 248 g/mol. The second kappa shape index (κ2) is 5.57. The summed E-state index contributed by atoms with van der Waals surface area (Å²) in [6.45, 7) is 4.04. The molecule has 2 atom stereocenters. The van der Waals surface area contributed by atoms with Crippen molar-refractivity contribution in [3.05, 3.63) is 35.9 Å². The summed E-state index contributed by atoms with van der Waals surface area (Å²) in [6.07, 6.45) is 4.12. The second-order valence-corrected chi connectivity index (χ2v) is 6.18. The Balaban J connectivity index is 1.80. The molecule has 1 aromatic rings. The van der Waals surface area contributed by atoms with Gasteiger partial charge in [-0.2, -0.15) is 0 Å². The molecule has 2 fully saturated rings. The second-order valence-electron chi connectivity index (χ2n) is 6.18. The van der Waals surface area contributed by atoms with E-state index in [0.717, 1.165) is 32.4 Å². The maximum atomic E-state index is 12.9. The topological polar surface area (TPSA) is 41.1 Å². The third-order valence-corrected chi connectivity index (χ3v) is 4.98. The van der Waals surface area contributed by atoms with Crippen molar-refractivity contribution in [2.24, 2.45) is 5.92 Å².